The largest absolute Gasteiger partial charge is 0.295 e. The maximum atomic E-state index is 11.3. The van der Waals surface area contributed by atoms with Gasteiger partial charge in [-0.05, 0) is 31.2 Å². The predicted molar refractivity (Wildman–Crippen MR) is 54.5 cm³/mol. The Kier molecular flexibility index (Phi) is 2.51. The molecule has 1 aliphatic rings. The Morgan fingerprint density at radius 1 is 1.33 bits per heavy atom. The maximum Gasteiger partial charge on any atom is 0.253 e. The van der Waals surface area contributed by atoms with E-state index in [0.717, 1.165) is 0 Å². The molecule has 0 N–H and O–H groups in total. The summed E-state index contributed by atoms with van der Waals surface area (Å²) in [4.78, 5) is 27.5. The second-order valence-corrected chi connectivity index (χ2v) is 3.37. The van der Waals surface area contributed by atoms with Gasteiger partial charge in [-0.2, -0.15) is 5.06 Å². The fourth-order valence-corrected chi connectivity index (χ4v) is 1.45. The van der Waals surface area contributed by atoms with Gasteiger partial charge < -0.3 is 0 Å². The summed E-state index contributed by atoms with van der Waals surface area (Å²) in [6.07, 6.45) is 0.411. The van der Waals surface area contributed by atoms with Crippen LogP contribution in [0.1, 0.15) is 23.7 Å². The number of carbonyl (C=O) groups excluding carboxylic acids is 2. The van der Waals surface area contributed by atoms with Crippen LogP contribution in [0.3, 0.4) is 0 Å². The minimum atomic E-state index is -0.0504. The van der Waals surface area contributed by atoms with Gasteiger partial charge in [-0.25, -0.2) is 0 Å². The molecule has 1 aliphatic heterocycles. The SMILES string of the molecule is CC(=O)c1ccc(N2OCCC2=O)cc1. The van der Waals surface area contributed by atoms with Gasteiger partial charge in [0.1, 0.15) is 0 Å². The molecule has 78 valence electrons. The molecule has 0 unspecified atom stereocenters. The van der Waals surface area contributed by atoms with Gasteiger partial charge in [0, 0.05) is 5.56 Å². The number of Topliss-reactive ketones (excluding diaryl/α,β-unsaturated/α-hetero) is 1. The Labute approximate surface area is 87.4 Å². The monoisotopic (exact) mass is 205 g/mol. The molecule has 4 heteroatoms. The van der Waals surface area contributed by atoms with E-state index < -0.39 is 0 Å². The molecule has 0 radical (unpaired) electrons. The van der Waals surface area contributed by atoms with Crippen LogP contribution in [0.15, 0.2) is 24.3 Å². The van der Waals surface area contributed by atoms with Crippen molar-refractivity contribution in [2.45, 2.75) is 13.3 Å². The molecule has 15 heavy (non-hydrogen) atoms. The summed E-state index contributed by atoms with van der Waals surface area (Å²) in [6, 6.07) is 6.79. The Bertz CT molecular complexity index is 397. The van der Waals surface area contributed by atoms with Gasteiger partial charge in [0.25, 0.3) is 5.91 Å². The molecular formula is C11H11NO3. The van der Waals surface area contributed by atoms with E-state index in [9.17, 15) is 9.59 Å². The fourth-order valence-electron chi connectivity index (χ4n) is 1.45. The third-order valence-electron chi connectivity index (χ3n) is 2.27. The van der Waals surface area contributed by atoms with E-state index in [4.69, 9.17) is 4.84 Å². The highest BCUT2D eigenvalue weighted by Gasteiger charge is 2.23. The fraction of sp³-hybridized carbons (Fsp3) is 0.273. The van der Waals surface area contributed by atoms with E-state index in [1.54, 1.807) is 24.3 Å². The lowest BCUT2D eigenvalue weighted by Crippen LogP contribution is -2.22. The molecule has 0 atom stereocenters. The van der Waals surface area contributed by atoms with Crippen LogP contribution in [0.5, 0.6) is 0 Å². The minimum absolute atomic E-state index is 0.00946. The van der Waals surface area contributed by atoms with Crippen molar-refractivity contribution in [1.82, 2.24) is 0 Å². The quantitative estimate of drug-likeness (QED) is 0.688. The van der Waals surface area contributed by atoms with Crippen LogP contribution in [-0.4, -0.2) is 18.3 Å². The molecule has 1 fully saturated rings. The smallest absolute Gasteiger partial charge is 0.253 e. The highest BCUT2D eigenvalue weighted by molar-refractivity contribution is 5.96. The first-order valence-electron chi connectivity index (χ1n) is 4.75. The lowest BCUT2D eigenvalue weighted by Gasteiger charge is -2.13. The molecular weight excluding hydrogens is 194 g/mol. The van der Waals surface area contributed by atoms with Gasteiger partial charge >= 0.3 is 0 Å². The van der Waals surface area contributed by atoms with E-state index in [2.05, 4.69) is 0 Å². The molecule has 1 saturated heterocycles. The number of hydrogen-bond acceptors (Lipinski definition) is 3. The Hall–Kier alpha value is -1.68. The molecule has 0 aromatic heterocycles. The third kappa shape index (κ3) is 1.89. The lowest BCUT2D eigenvalue weighted by molar-refractivity contribution is -0.119. The Balaban J connectivity index is 2.23. The van der Waals surface area contributed by atoms with Crippen LogP contribution in [0.4, 0.5) is 5.69 Å². The van der Waals surface area contributed by atoms with Crippen molar-refractivity contribution >= 4 is 17.4 Å². The van der Waals surface area contributed by atoms with Crippen LogP contribution in [0.25, 0.3) is 0 Å². The van der Waals surface area contributed by atoms with Gasteiger partial charge in [-0.3, -0.25) is 14.4 Å². The molecule has 0 saturated carbocycles. The standard InChI is InChI=1S/C11H11NO3/c1-8(13)9-2-4-10(5-3-9)12-11(14)6-7-15-12/h2-5H,6-7H2,1H3. The molecule has 0 bridgehead atoms. The summed E-state index contributed by atoms with van der Waals surface area (Å²) in [5.74, 6) is -0.0409. The highest BCUT2D eigenvalue weighted by atomic mass is 16.7. The van der Waals surface area contributed by atoms with Crippen molar-refractivity contribution in [1.29, 1.82) is 0 Å². The number of anilines is 1. The van der Waals surface area contributed by atoms with Crippen molar-refractivity contribution < 1.29 is 14.4 Å². The van der Waals surface area contributed by atoms with Crippen LogP contribution in [0, 0.1) is 0 Å². The molecule has 1 aromatic carbocycles. The van der Waals surface area contributed by atoms with Crippen LogP contribution < -0.4 is 5.06 Å². The van der Waals surface area contributed by atoms with Crippen molar-refractivity contribution in [3.8, 4) is 0 Å². The Morgan fingerprint density at radius 2 is 2.00 bits per heavy atom. The van der Waals surface area contributed by atoms with E-state index in [0.29, 0.717) is 24.3 Å². The summed E-state index contributed by atoms with van der Waals surface area (Å²) < 4.78 is 0. The number of benzene rings is 1. The first-order valence-corrected chi connectivity index (χ1v) is 4.75. The van der Waals surface area contributed by atoms with Crippen molar-refractivity contribution in [2.75, 3.05) is 11.7 Å². The van der Waals surface area contributed by atoms with E-state index in [1.807, 2.05) is 0 Å². The zero-order valence-electron chi connectivity index (χ0n) is 8.40. The van der Waals surface area contributed by atoms with Gasteiger partial charge in [-0.15, -0.1) is 0 Å². The molecule has 0 spiro atoms. The Morgan fingerprint density at radius 3 is 2.47 bits per heavy atom. The van der Waals surface area contributed by atoms with Gasteiger partial charge in [0.15, 0.2) is 5.78 Å². The lowest BCUT2D eigenvalue weighted by atomic mass is 10.1. The van der Waals surface area contributed by atoms with Crippen molar-refractivity contribution in [2.24, 2.45) is 0 Å². The number of hydrogen-bond donors (Lipinski definition) is 0. The number of carbonyl (C=O) groups is 2. The van der Waals surface area contributed by atoms with E-state index >= 15 is 0 Å². The maximum absolute atomic E-state index is 11.3. The second-order valence-electron chi connectivity index (χ2n) is 3.37. The summed E-state index contributed by atoms with van der Waals surface area (Å²) in [5.41, 5.74) is 1.30. The number of ketones is 1. The minimum Gasteiger partial charge on any atom is -0.295 e. The molecule has 1 aromatic rings. The molecule has 4 nitrogen and oxygen atoms in total. The zero-order chi connectivity index (χ0) is 10.8. The van der Waals surface area contributed by atoms with Crippen LogP contribution >= 0.6 is 0 Å². The van der Waals surface area contributed by atoms with Crippen LogP contribution in [0.2, 0.25) is 0 Å². The average molecular weight is 205 g/mol. The molecule has 2 rings (SSSR count). The second kappa shape index (κ2) is 3.82. The van der Waals surface area contributed by atoms with E-state index in [1.165, 1.54) is 12.0 Å². The molecule has 0 aliphatic carbocycles. The van der Waals surface area contributed by atoms with Crippen LogP contribution in [-0.2, 0) is 9.63 Å². The summed E-state index contributed by atoms with van der Waals surface area (Å²) in [5, 5.41) is 1.27. The van der Waals surface area contributed by atoms with Crippen molar-refractivity contribution in [3.63, 3.8) is 0 Å². The summed E-state index contributed by atoms with van der Waals surface area (Å²) >= 11 is 0. The first kappa shape index (κ1) is 9.86. The number of hydroxylamine groups is 1. The van der Waals surface area contributed by atoms with Gasteiger partial charge in [0.2, 0.25) is 0 Å². The third-order valence-corrected chi connectivity index (χ3v) is 2.27. The zero-order valence-corrected chi connectivity index (χ0v) is 8.40. The topological polar surface area (TPSA) is 46.6 Å². The predicted octanol–water partition coefficient (Wildman–Crippen LogP) is 1.56. The number of nitrogens with zero attached hydrogens (tertiary/aromatic N) is 1. The average Bonchev–Trinajstić information content (AvgIpc) is 2.65. The van der Waals surface area contributed by atoms with E-state index in [-0.39, 0.29) is 11.7 Å². The molecule has 1 heterocycles. The highest BCUT2D eigenvalue weighted by Crippen LogP contribution is 2.20. The number of rotatable bonds is 2. The number of amides is 1. The van der Waals surface area contributed by atoms with Crippen molar-refractivity contribution in [3.05, 3.63) is 29.8 Å². The normalized spacial score (nSPS) is 15.8. The first-order chi connectivity index (χ1) is 7.18. The summed E-state index contributed by atoms with van der Waals surface area (Å²) in [6.45, 7) is 1.93. The summed E-state index contributed by atoms with van der Waals surface area (Å²) in [7, 11) is 0. The van der Waals surface area contributed by atoms with Gasteiger partial charge in [-0.1, -0.05) is 0 Å². The van der Waals surface area contributed by atoms with Gasteiger partial charge in [0.05, 0.1) is 18.7 Å². The molecule has 1 amide bonds.